The number of aryl methyl sites for hydroxylation is 1. The summed E-state index contributed by atoms with van der Waals surface area (Å²) >= 11 is 2.14. The van der Waals surface area contributed by atoms with E-state index in [0.29, 0.717) is 4.88 Å². The van der Waals surface area contributed by atoms with Gasteiger partial charge in [0.25, 0.3) is 10.0 Å². The number of thiazole rings is 1. The molecule has 114 valence electrons. The molecule has 2 rings (SSSR count). The van der Waals surface area contributed by atoms with Gasteiger partial charge in [-0.1, -0.05) is 13.8 Å². The standard InChI is InChI=1S/C12H14N2O4S3/c1-6(2)8-5-19-12(13-8)14-21(17,18)10-4-9(11(15)16)20-7(10)3/h4-6H,1-3H3,(H,13,14)(H,15,16). The van der Waals surface area contributed by atoms with Crippen molar-refractivity contribution in [2.45, 2.75) is 31.6 Å². The molecule has 2 heterocycles. The Balaban J connectivity index is 2.31. The van der Waals surface area contributed by atoms with Crippen LogP contribution in [0.2, 0.25) is 0 Å². The minimum Gasteiger partial charge on any atom is -0.477 e. The maximum atomic E-state index is 12.3. The quantitative estimate of drug-likeness (QED) is 0.867. The van der Waals surface area contributed by atoms with Crippen LogP contribution in [-0.2, 0) is 10.0 Å². The summed E-state index contributed by atoms with van der Waals surface area (Å²) in [6.45, 7) is 5.51. The lowest BCUT2D eigenvalue weighted by atomic mass is 10.2. The number of sulfonamides is 1. The molecule has 0 aliphatic carbocycles. The first kappa shape index (κ1) is 15.9. The third kappa shape index (κ3) is 3.42. The van der Waals surface area contributed by atoms with Crippen LogP contribution in [-0.4, -0.2) is 24.5 Å². The van der Waals surface area contributed by atoms with Gasteiger partial charge in [-0.15, -0.1) is 22.7 Å². The third-order valence-corrected chi connectivity index (χ3v) is 6.25. The number of aromatic carboxylic acids is 1. The molecule has 0 amide bonds. The summed E-state index contributed by atoms with van der Waals surface area (Å²) in [4.78, 5) is 15.5. The van der Waals surface area contributed by atoms with Crippen molar-refractivity contribution in [2.75, 3.05) is 4.72 Å². The van der Waals surface area contributed by atoms with Crippen LogP contribution in [0.15, 0.2) is 16.3 Å². The number of carbonyl (C=O) groups is 1. The van der Waals surface area contributed by atoms with Gasteiger partial charge in [0.1, 0.15) is 9.77 Å². The van der Waals surface area contributed by atoms with Crippen LogP contribution in [0.1, 0.15) is 40.0 Å². The Morgan fingerprint density at radius 3 is 2.57 bits per heavy atom. The summed E-state index contributed by atoms with van der Waals surface area (Å²) in [5.74, 6) is -0.929. The van der Waals surface area contributed by atoms with E-state index in [1.54, 1.807) is 12.3 Å². The zero-order valence-corrected chi connectivity index (χ0v) is 14.0. The van der Waals surface area contributed by atoms with Gasteiger partial charge in [0.15, 0.2) is 5.13 Å². The van der Waals surface area contributed by atoms with Crippen LogP contribution in [0.25, 0.3) is 0 Å². The first-order chi connectivity index (χ1) is 9.70. The predicted molar refractivity (Wildman–Crippen MR) is 83.0 cm³/mol. The minimum atomic E-state index is -3.82. The highest BCUT2D eigenvalue weighted by atomic mass is 32.2. The molecule has 9 heteroatoms. The highest BCUT2D eigenvalue weighted by Gasteiger charge is 2.23. The number of nitrogens with one attached hydrogen (secondary N) is 1. The molecule has 0 aliphatic rings. The molecule has 0 bridgehead atoms. The van der Waals surface area contributed by atoms with Gasteiger partial charge >= 0.3 is 5.97 Å². The molecule has 2 N–H and O–H groups in total. The van der Waals surface area contributed by atoms with Gasteiger partial charge in [-0.2, -0.15) is 0 Å². The number of aromatic nitrogens is 1. The van der Waals surface area contributed by atoms with Crippen molar-refractivity contribution in [3.05, 3.63) is 26.9 Å². The highest BCUT2D eigenvalue weighted by molar-refractivity contribution is 7.93. The number of hydrogen-bond acceptors (Lipinski definition) is 6. The Labute approximate surface area is 130 Å². The maximum Gasteiger partial charge on any atom is 0.345 e. The van der Waals surface area contributed by atoms with Crippen LogP contribution in [0.5, 0.6) is 0 Å². The largest absolute Gasteiger partial charge is 0.477 e. The SMILES string of the molecule is Cc1sc(C(=O)O)cc1S(=O)(=O)Nc1nc(C(C)C)cs1. The second-order valence-corrected chi connectivity index (χ2v) is 8.44. The van der Waals surface area contributed by atoms with Crippen molar-refractivity contribution in [1.29, 1.82) is 0 Å². The fraction of sp³-hybridized carbons (Fsp3) is 0.333. The zero-order valence-electron chi connectivity index (χ0n) is 11.6. The van der Waals surface area contributed by atoms with E-state index in [2.05, 4.69) is 9.71 Å². The number of carboxylic acids is 1. The molecule has 0 fully saturated rings. The van der Waals surface area contributed by atoms with E-state index in [-0.39, 0.29) is 20.8 Å². The summed E-state index contributed by atoms with van der Waals surface area (Å²) in [6, 6.07) is 1.17. The summed E-state index contributed by atoms with van der Waals surface area (Å²) in [7, 11) is -3.82. The van der Waals surface area contributed by atoms with Gasteiger partial charge in [-0.25, -0.2) is 18.2 Å². The molecule has 0 saturated carbocycles. The first-order valence-electron chi connectivity index (χ1n) is 6.02. The van der Waals surface area contributed by atoms with Gasteiger partial charge in [-0.05, 0) is 18.9 Å². The number of hydrogen-bond donors (Lipinski definition) is 2. The average molecular weight is 346 g/mol. The van der Waals surface area contributed by atoms with Crippen molar-refractivity contribution < 1.29 is 18.3 Å². The number of nitrogens with zero attached hydrogens (tertiary/aromatic N) is 1. The van der Waals surface area contributed by atoms with E-state index in [0.717, 1.165) is 17.0 Å². The van der Waals surface area contributed by atoms with E-state index in [1.165, 1.54) is 17.4 Å². The zero-order chi connectivity index (χ0) is 15.8. The first-order valence-corrected chi connectivity index (χ1v) is 9.20. The Morgan fingerprint density at radius 1 is 1.43 bits per heavy atom. The number of rotatable bonds is 5. The molecule has 0 aromatic carbocycles. The van der Waals surface area contributed by atoms with Crippen LogP contribution in [0, 0.1) is 6.92 Å². The molecule has 0 atom stereocenters. The lowest BCUT2D eigenvalue weighted by molar-refractivity contribution is 0.0702. The monoisotopic (exact) mass is 346 g/mol. The summed E-state index contributed by atoms with van der Waals surface area (Å²) in [6.07, 6.45) is 0. The molecule has 0 aliphatic heterocycles. The Kier molecular flexibility index (Phi) is 4.35. The molecule has 0 radical (unpaired) electrons. The van der Waals surface area contributed by atoms with Gasteiger partial charge < -0.3 is 5.11 Å². The van der Waals surface area contributed by atoms with E-state index in [9.17, 15) is 13.2 Å². The highest BCUT2D eigenvalue weighted by Crippen LogP contribution is 2.29. The van der Waals surface area contributed by atoms with E-state index in [1.807, 2.05) is 13.8 Å². The Morgan fingerprint density at radius 2 is 2.10 bits per heavy atom. The molecular weight excluding hydrogens is 332 g/mol. The van der Waals surface area contributed by atoms with Crippen LogP contribution in [0.4, 0.5) is 5.13 Å². The van der Waals surface area contributed by atoms with Crippen LogP contribution < -0.4 is 4.72 Å². The fourth-order valence-corrected chi connectivity index (χ4v) is 5.16. The molecular formula is C12H14N2O4S3. The summed E-state index contributed by atoms with van der Waals surface area (Å²) in [5, 5.41) is 11.0. The smallest absolute Gasteiger partial charge is 0.345 e. The maximum absolute atomic E-state index is 12.3. The van der Waals surface area contributed by atoms with Crippen molar-refractivity contribution in [1.82, 2.24) is 4.98 Å². The van der Waals surface area contributed by atoms with Gasteiger partial charge in [0, 0.05) is 10.3 Å². The molecule has 2 aromatic rings. The Bertz CT molecular complexity index is 774. The van der Waals surface area contributed by atoms with Crippen LogP contribution in [0.3, 0.4) is 0 Å². The molecule has 21 heavy (non-hydrogen) atoms. The summed E-state index contributed by atoms with van der Waals surface area (Å²) in [5.41, 5.74) is 0.811. The lowest BCUT2D eigenvalue weighted by Gasteiger charge is -2.04. The average Bonchev–Trinajstić information content (AvgIpc) is 2.95. The number of anilines is 1. The molecule has 0 saturated heterocycles. The second-order valence-electron chi connectivity index (χ2n) is 4.67. The van der Waals surface area contributed by atoms with Crippen molar-refractivity contribution in [3.63, 3.8) is 0 Å². The van der Waals surface area contributed by atoms with Crippen molar-refractivity contribution in [3.8, 4) is 0 Å². The fourth-order valence-electron chi connectivity index (χ4n) is 1.61. The lowest BCUT2D eigenvalue weighted by Crippen LogP contribution is -2.13. The summed E-state index contributed by atoms with van der Waals surface area (Å²) < 4.78 is 27.0. The van der Waals surface area contributed by atoms with Crippen LogP contribution >= 0.6 is 22.7 Å². The van der Waals surface area contributed by atoms with Crippen molar-refractivity contribution >= 4 is 43.8 Å². The number of carboxylic acid groups (broad SMARTS) is 1. The normalized spacial score (nSPS) is 11.8. The van der Waals surface area contributed by atoms with E-state index >= 15 is 0 Å². The van der Waals surface area contributed by atoms with E-state index in [4.69, 9.17) is 5.11 Å². The molecule has 0 spiro atoms. The topological polar surface area (TPSA) is 96.4 Å². The minimum absolute atomic E-state index is 0.00474. The molecule has 6 nitrogen and oxygen atoms in total. The predicted octanol–water partition coefficient (Wildman–Crippen LogP) is 3.14. The molecule has 0 unspecified atom stereocenters. The van der Waals surface area contributed by atoms with E-state index < -0.39 is 16.0 Å². The van der Waals surface area contributed by atoms with Gasteiger partial charge in [0.2, 0.25) is 0 Å². The Hall–Kier alpha value is -1.45. The molecule has 2 aromatic heterocycles. The van der Waals surface area contributed by atoms with Gasteiger partial charge in [0.05, 0.1) is 5.69 Å². The second kappa shape index (κ2) is 5.74. The third-order valence-electron chi connectivity index (χ3n) is 2.71. The number of thiophene rings is 1. The van der Waals surface area contributed by atoms with Crippen molar-refractivity contribution in [2.24, 2.45) is 0 Å². The van der Waals surface area contributed by atoms with Gasteiger partial charge in [-0.3, -0.25) is 4.72 Å².